The molecule has 158 valence electrons. The highest BCUT2D eigenvalue weighted by Crippen LogP contribution is 2.56. The first kappa shape index (κ1) is 20.0. The van der Waals surface area contributed by atoms with Gasteiger partial charge >= 0.3 is 6.09 Å². The molecule has 28 heavy (non-hydrogen) atoms. The highest BCUT2D eigenvalue weighted by atomic mass is 16.4. The predicted molar refractivity (Wildman–Crippen MR) is 108 cm³/mol. The minimum atomic E-state index is -0.759. The Kier molecular flexibility index (Phi) is 5.13. The molecular weight excluding hydrogens is 354 g/mol. The van der Waals surface area contributed by atoms with Gasteiger partial charge in [0.2, 0.25) is 5.91 Å². The van der Waals surface area contributed by atoms with Crippen molar-refractivity contribution in [1.29, 1.82) is 0 Å². The van der Waals surface area contributed by atoms with E-state index in [2.05, 4.69) is 23.6 Å². The van der Waals surface area contributed by atoms with Crippen LogP contribution in [-0.2, 0) is 4.79 Å². The Morgan fingerprint density at radius 2 is 1.82 bits per heavy atom. The number of rotatable bonds is 4. The Bertz CT molecular complexity index is 627. The second-order valence-corrected chi connectivity index (χ2v) is 10.1. The zero-order valence-corrected chi connectivity index (χ0v) is 17.8. The molecule has 6 heteroatoms. The third kappa shape index (κ3) is 3.12. The minimum Gasteiger partial charge on any atom is -0.465 e. The number of nitrogens with zero attached hydrogens (tertiary/aromatic N) is 3. The number of hydrogen-bond acceptors (Lipinski definition) is 3. The van der Waals surface area contributed by atoms with Crippen molar-refractivity contribution >= 4 is 12.0 Å². The van der Waals surface area contributed by atoms with E-state index in [-0.39, 0.29) is 16.9 Å². The smallest absolute Gasteiger partial charge is 0.407 e. The zero-order valence-electron chi connectivity index (χ0n) is 17.8. The normalized spacial score (nSPS) is 35.5. The summed E-state index contributed by atoms with van der Waals surface area (Å²) in [5.41, 5.74) is 0.314. The Labute approximate surface area is 169 Å². The highest BCUT2D eigenvalue weighted by Gasteiger charge is 2.58. The van der Waals surface area contributed by atoms with Crippen LogP contribution >= 0.6 is 0 Å². The molecule has 0 aromatic carbocycles. The Morgan fingerprint density at radius 3 is 2.29 bits per heavy atom. The average Bonchev–Trinajstić information content (AvgIpc) is 3.07. The SMILES string of the molecule is CCC1C(N2CCC(N(C(C)=O)C3(C)CCC3)CC2)CC12CCN(C(=O)O)C2. The molecule has 0 bridgehead atoms. The van der Waals surface area contributed by atoms with E-state index in [1.54, 1.807) is 11.8 Å². The maximum atomic E-state index is 12.4. The van der Waals surface area contributed by atoms with Crippen molar-refractivity contribution in [3.63, 3.8) is 0 Å². The summed E-state index contributed by atoms with van der Waals surface area (Å²) in [5.74, 6) is 0.857. The van der Waals surface area contributed by atoms with Gasteiger partial charge in [0.25, 0.3) is 0 Å². The van der Waals surface area contributed by atoms with Crippen molar-refractivity contribution in [1.82, 2.24) is 14.7 Å². The van der Waals surface area contributed by atoms with Crippen LogP contribution in [0.25, 0.3) is 0 Å². The first-order valence-corrected chi connectivity index (χ1v) is 11.3. The molecule has 2 heterocycles. The molecular formula is C22H37N3O3. The molecule has 3 atom stereocenters. The summed E-state index contributed by atoms with van der Waals surface area (Å²) >= 11 is 0. The summed E-state index contributed by atoms with van der Waals surface area (Å²) in [6.07, 6.45) is 8.25. The molecule has 2 amide bonds. The van der Waals surface area contributed by atoms with Gasteiger partial charge in [-0.15, -0.1) is 0 Å². The van der Waals surface area contributed by atoms with Crippen LogP contribution in [0.1, 0.15) is 72.1 Å². The number of hydrogen-bond donors (Lipinski definition) is 1. The highest BCUT2D eigenvalue weighted by molar-refractivity contribution is 5.74. The van der Waals surface area contributed by atoms with Gasteiger partial charge in [0.1, 0.15) is 0 Å². The molecule has 0 aromatic rings. The molecule has 2 saturated carbocycles. The van der Waals surface area contributed by atoms with E-state index in [9.17, 15) is 14.7 Å². The molecule has 3 unspecified atom stereocenters. The van der Waals surface area contributed by atoms with Gasteiger partial charge < -0.3 is 14.9 Å². The number of likely N-dealkylation sites (tertiary alicyclic amines) is 2. The van der Waals surface area contributed by atoms with Crippen LogP contribution in [0.2, 0.25) is 0 Å². The molecule has 0 radical (unpaired) electrons. The largest absolute Gasteiger partial charge is 0.465 e. The summed E-state index contributed by atoms with van der Waals surface area (Å²) in [6, 6.07) is 0.993. The second-order valence-electron chi connectivity index (χ2n) is 10.1. The van der Waals surface area contributed by atoms with Crippen LogP contribution in [0.5, 0.6) is 0 Å². The maximum Gasteiger partial charge on any atom is 0.407 e. The van der Waals surface area contributed by atoms with Gasteiger partial charge in [-0.3, -0.25) is 9.69 Å². The van der Waals surface area contributed by atoms with Gasteiger partial charge in [-0.05, 0) is 63.2 Å². The van der Waals surface area contributed by atoms with Crippen molar-refractivity contribution in [2.24, 2.45) is 11.3 Å². The molecule has 0 aromatic heterocycles. The van der Waals surface area contributed by atoms with Crippen LogP contribution in [-0.4, -0.2) is 75.6 Å². The van der Waals surface area contributed by atoms with E-state index in [0.29, 0.717) is 24.5 Å². The summed E-state index contributed by atoms with van der Waals surface area (Å²) in [6.45, 7) is 9.85. The predicted octanol–water partition coefficient (Wildman–Crippen LogP) is 3.41. The maximum absolute atomic E-state index is 12.4. The third-order valence-corrected chi connectivity index (χ3v) is 8.65. The summed E-state index contributed by atoms with van der Waals surface area (Å²) in [5, 5.41) is 9.34. The van der Waals surface area contributed by atoms with Crippen molar-refractivity contribution < 1.29 is 14.7 Å². The molecule has 2 aliphatic carbocycles. The first-order chi connectivity index (χ1) is 13.3. The van der Waals surface area contributed by atoms with Gasteiger partial charge in [0.15, 0.2) is 0 Å². The van der Waals surface area contributed by atoms with Crippen LogP contribution in [0, 0.1) is 11.3 Å². The fourth-order valence-corrected chi connectivity index (χ4v) is 7.06. The molecule has 4 fully saturated rings. The number of amides is 2. The van der Waals surface area contributed by atoms with Crippen LogP contribution in [0.3, 0.4) is 0 Å². The lowest BCUT2D eigenvalue weighted by Gasteiger charge is -2.59. The number of carbonyl (C=O) groups excluding carboxylic acids is 1. The van der Waals surface area contributed by atoms with Crippen molar-refractivity contribution in [3.05, 3.63) is 0 Å². The molecule has 1 N–H and O–H groups in total. The summed E-state index contributed by atoms with van der Waals surface area (Å²) in [4.78, 5) is 30.2. The summed E-state index contributed by atoms with van der Waals surface area (Å²) in [7, 11) is 0. The third-order valence-electron chi connectivity index (χ3n) is 8.65. The standard InChI is InChI=1S/C22H37N3O3/c1-4-18-19(14-22(18)10-13-24(15-22)20(27)28)23-11-6-17(7-12-23)25(16(2)26)21(3)8-5-9-21/h17-19H,4-15H2,1-3H3,(H,27,28). The van der Waals surface area contributed by atoms with E-state index >= 15 is 0 Å². The van der Waals surface area contributed by atoms with Gasteiger partial charge in [0.05, 0.1) is 0 Å². The second kappa shape index (κ2) is 7.19. The number of carboxylic acid groups (broad SMARTS) is 1. The van der Waals surface area contributed by atoms with Gasteiger partial charge in [-0.1, -0.05) is 13.3 Å². The fraction of sp³-hybridized carbons (Fsp3) is 0.909. The Hall–Kier alpha value is -1.30. The number of piperidine rings is 1. The van der Waals surface area contributed by atoms with Gasteiger partial charge in [-0.25, -0.2) is 4.79 Å². The van der Waals surface area contributed by atoms with E-state index in [1.807, 2.05) is 0 Å². The monoisotopic (exact) mass is 391 g/mol. The molecule has 4 aliphatic rings. The van der Waals surface area contributed by atoms with Crippen molar-refractivity contribution in [2.45, 2.75) is 89.8 Å². The lowest BCUT2D eigenvalue weighted by Crippen LogP contribution is -2.64. The zero-order chi connectivity index (χ0) is 20.1. The van der Waals surface area contributed by atoms with Gasteiger partial charge in [-0.2, -0.15) is 0 Å². The van der Waals surface area contributed by atoms with Crippen LogP contribution < -0.4 is 0 Å². The molecule has 1 spiro atoms. The van der Waals surface area contributed by atoms with Crippen LogP contribution in [0.4, 0.5) is 4.79 Å². The lowest BCUT2D eigenvalue weighted by molar-refractivity contribution is -0.146. The van der Waals surface area contributed by atoms with Crippen molar-refractivity contribution in [3.8, 4) is 0 Å². The van der Waals surface area contributed by atoms with E-state index in [0.717, 1.165) is 64.6 Å². The molecule has 2 aliphatic heterocycles. The topological polar surface area (TPSA) is 64.1 Å². The van der Waals surface area contributed by atoms with Crippen LogP contribution in [0.15, 0.2) is 0 Å². The molecule has 6 nitrogen and oxygen atoms in total. The van der Waals surface area contributed by atoms with Gasteiger partial charge in [0, 0.05) is 50.7 Å². The molecule has 2 saturated heterocycles. The number of carbonyl (C=O) groups is 2. The minimum absolute atomic E-state index is 0.0925. The van der Waals surface area contributed by atoms with E-state index in [4.69, 9.17) is 0 Å². The molecule has 4 rings (SSSR count). The lowest BCUT2D eigenvalue weighted by atomic mass is 9.54. The Balaban J connectivity index is 1.35. The first-order valence-electron chi connectivity index (χ1n) is 11.3. The average molecular weight is 392 g/mol. The van der Waals surface area contributed by atoms with E-state index < -0.39 is 6.09 Å². The van der Waals surface area contributed by atoms with Crippen molar-refractivity contribution in [2.75, 3.05) is 26.2 Å². The van der Waals surface area contributed by atoms with E-state index in [1.165, 1.54) is 6.42 Å². The quantitative estimate of drug-likeness (QED) is 0.798. The fourth-order valence-electron chi connectivity index (χ4n) is 7.06. The Morgan fingerprint density at radius 1 is 1.14 bits per heavy atom. The summed E-state index contributed by atoms with van der Waals surface area (Å²) < 4.78 is 0.